The van der Waals surface area contributed by atoms with Gasteiger partial charge >= 0.3 is 0 Å². The summed E-state index contributed by atoms with van der Waals surface area (Å²) in [5.74, 6) is 1.10. The molecule has 0 atom stereocenters. The van der Waals surface area contributed by atoms with Gasteiger partial charge in [0.2, 0.25) is 0 Å². The number of hydrogen-bond donors (Lipinski definition) is 1. The summed E-state index contributed by atoms with van der Waals surface area (Å²) in [6, 6.07) is 3.85. The molecule has 6 heteroatoms. The van der Waals surface area contributed by atoms with Crippen molar-refractivity contribution in [3.63, 3.8) is 0 Å². The Morgan fingerprint density at radius 2 is 1.30 bits per heavy atom. The van der Waals surface area contributed by atoms with Crippen LogP contribution >= 0.6 is 15.9 Å². The molecule has 0 fully saturated rings. The zero-order chi connectivity index (χ0) is 24.1. The van der Waals surface area contributed by atoms with Crippen LogP contribution in [0, 0.1) is 10.8 Å². The van der Waals surface area contributed by atoms with Crippen LogP contribution in [0.3, 0.4) is 0 Å². The Morgan fingerprint density at radius 3 is 1.76 bits per heavy atom. The number of halogens is 1. The van der Waals surface area contributed by atoms with E-state index < -0.39 is 5.92 Å². The van der Waals surface area contributed by atoms with Crippen LogP contribution in [0.15, 0.2) is 39.1 Å². The first-order valence-corrected chi connectivity index (χ1v) is 12.6. The maximum Gasteiger partial charge on any atom is 0.162 e. The van der Waals surface area contributed by atoms with Crippen molar-refractivity contribution in [2.75, 3.05) is 13.2 Å². The Bertz CT molecular complexity index is 1030. The summed E-state index contributed by atoms with van der Waals surface area (Å²) in [4.78, 5) is 27.0. The predicted molar refractivity (Wildman–Crippen MR) is 132 cm³/mol. The summed E-state index contributed by atoms with van der Waals surface area (Å²) < 4.78 is 12.5. The molecule has 1 heterocycles. The van der Waals surface area contributed by atoms with Crippen molar-refractivity contribution in [1.29, 1.82) is 0 Å². The number of Topliss-reactive ketones (excluding diaryl/α,β-unsaturated/α-hetero) is 2. The number of ketones is 2. The minimum Gasteiger partial charge on any atom is -0.490 e. The van der Waals surface area contributed by atoms with E-state index in [0.29, 0.717) is 37.6 Å². The molecule has 1 N–H and O–H groups in total. The first kappa shape index (κ1) is 24.1. The largest absolute Gasteiger partial charge is 0.490 e. The molecule has 0 saturated heterocycles. The minimum absolute atomic E-state index is 0.113. The van der Waals surface area contributed by atoms with Gasteiger partial charge in [0.05, 0.1) is 13.2 Å². The van der Waals surface area contributed by atoms with Crippen molar-refractivity contribution in [2.24, 2.45) is 10.8 Å². The second-order valence-electron chi connectivity index (χ2n) is 10.9. The Morgan fingerprint density at radius 1 is 0.848 bits per heavy atom. The quantitative estimate of drug-likeness (QED) is 0.504. The van der Waals surface area contributed by atoms with Gasteiger partial charge in [0.15, 0.2) is 23.1 Å². The molecule has 1 aromatic carbocycles. The van der Waals surface area contributed by atoms with Crippen molar-refractivity contribution >= 4 is 27.5 Å². The van der Waals surface area contributed by atoms with E-state index in [0.717, 1.165) is 45.4 Å². The Labute approximate surface area is 205 Å². The van der Waals surface area contributed by atoms with Gasteiger partial charge in [-0.25, -0.2) is 0 Å². The molecule has 1 aromatic rings. The number of carbonyl (C=O) groups is 2. The van der Waals surface area contributed by atoms with Crippen molar-refractivity contribution < 1.29 is 19.1 Å². The molecule has 0 bridgehead atoms. The summed E-state index contributed by atoms with van der Waals surface area (Å²) >= 11 is 3.73. The number of allylic oxidation sites excluding steroid dienone is 4. The van der Waals surface area contributed by atoms with Crippen LogP contribution in [0.25, 0.3) is 0 Å². The lowest BCUT2D eigenvalue weighted by Crippen LogP contribution is -2.42. The number of dihydropyridines is 1. The third-order valence-corrected chi connectivity index (χ3v) is 7.38. The normalized spacial score (nSPS) is 22.0. The number of rotatable bonds is 5. The van der Waals surface area contributed by atoms with Gasteiger partial charge in [0.1, 0.15) is 0 Å². The molecule has 4 rings (SSSR count). The van der Waals surface area contributed by atoms with Crippen molar-refractivity contribution in [3.05, 3.63) is 44.7 Å². The molecule has 0 saturated carbocycles. The lowest BCUT2D eigenvalue weighted by atomic mass is 9.64. The molecule has 0 amide bonds. The average molecular weight is 516 g/mol. The van der Waals surface area contributed by atoms with E-state index in [1.807, 2.05) is 26.0 Å². The molecule has 0 spiro atoms. The fourth-order valence-corrected chi connectivity index (χ4v) is 6.06. The Kier molecular flexibility index (Phi) is 6.27. The molecule has 0 aromatic heterocycles. The summed E-state index contributed by atoms with van der Waals surface area (Å²) in [6.45, 7) is 13.4. The topological polar surface area (TPSA) is 64.6 Å². The van der Waals surface area contributed by atoms with E-state index in [1.165, 1.54) is 0 Å². The van der Waals surface area contributed by atoms with Gasteiger partial charge in [-0.05, 0) is 55.2 Å². The second-order valence-corrected chi connectivity index (χ2v) is 11.8. The van der Waals surface area contributed by atoms with Crippen LogP contribution in [-0.2, 0) is 9.59 Å². The molecule has 0 unspecified atom stereocenters. The highest BCUT2D eigenvalue weighted by Crippen LogP contribution is 2.53. The summed E-state index contributed by atoms with van der Waals surface area (Å²) in [7, 11) is 0. The summed E-state index contributed by atoms with van der Waals surface area (Å²) in [6.07, 6.45) is 2.50. The van der Waals surface area contributed by atoms with E-state index in [9.17, 15) is 9.59 Å². The van der Waals surface area contributed by atoms with Crippen molar-refractivity contribution in [3.8, 4) is 11.5 Å². The van der Waals surface area contributed by atoms with Crippen molar-refractivity contribution in [1.82, 2.24) is 5.32 Å². The third-order valence-electron chi connectivity index (χ3n) is 6.69. The molecule has 5 nitrogen and oxygen atoms in total. The van der Waals surface area contributed by atoms with Gasteiger partial charge in [-0.1, -0.05) is 43.6 Å². The zero-order valence-electron chi connectivity index (χ0n) is 20.5. The van der Waals surface area contributed by atoms with E-state index in [1.54, 1.807) is 0 Å². The van der Waals surface area contributed by atoms with Gasteiger partial charge in [-0.15, -0.1) is 0 Å². The molecular formula is C27H34BrNO4. The fourth-order valence-electron chi connectivity index (χ4n) is 5.51. The van der Waals surface area contributed by atoms with Crippen LogP contribution in [-0.4, -0.2) is 24.8 Å². The Balaban J connectivity index is 1.94. The van der Waals surface area contributed by atoms with Crippen LogP contribution in [0.2, 0.25) is 0 Å². The highest BCUT2D eigenvalue weighted by molar-refractivity contribution is 9.10. The number of hydrogen-bond acceptors (Lipinski definition) is 5. The van der Waals surface area contributed by atoms with Crippen LogP contribution < -0.4 is 14.8 Å². The smallest absolute Gasteiger partial charge is 0.162 e. The SMILES string of the molecule is CCOc1cc(Br)c(C2C3=C(CC(C)(C)CC3=O)NC3=C2C(=O)CC(C)(C)C3)cc1OCC. The molecule has 178 valence electrons. The summed E-state index contributed by atoms with van der Waals surface area (Å²) in [5.41, 5.74) is 4.03. The maximum atomic E-state index is 13.5. The van der Waals surface area contributed by atoms with Crippen LogP contribution in [0.4, 0.5) is 0 Å². The number of nitrogens with one attached hydrogen (secondary N) is 1. The van der Waals surface area contributed by atoms with Crippen LogP contribution in [0.1, 0.15) is 78.7 Å². The first-order valence-electron chi connectivity index (χ1n) is 11.8. The number of carbonyl (C=O) groups excluding carboxylic acids is 2. The molecule has 33 heavy (non-hydrogen) atoms. The monoisotopic (exact) mass is 515 g/mol. The second kappa shape index (κ2) is 8.61. The van der Waals surface area contributed by atoms with Gasteiger partial charge in [-0.3, -0.25) is 9.59 Å². The highest BCUT2D eigenvalue weighted by Gasteiger charge is 2.47. The van der Waals surface area contributed by atoms with E-state index in [-0.39, 0.29) is 22.4 Å². The van der Waals surface area contributed by atoms with E-state index in [4.69, 9.17) is 9.47 Å². The number of ether oxygens (including phenoxy) is 2. The minimum atomic E-state index is -0.410. The van der Waals surface area contributed by atoms with Crippen molar-refractivity contribution in [2.45, 2.75) is 73.1 Å². The van der Waals surface area contributed by atoms with Gasteiger partial charge in [-0.2, -0.15) is 0 Å². The molecular weight excluding hydrogens is 482 g/mol. The van der Waals surface area contributed by atoms with Gasteiger partial charge < -0.3 is 14.8 Å². The lowest BCUT2D eigenvalue weighted by Gasteiger charge is -2.44. The fraction of sp³-hybridized carbons (Fsp3) is 0.556. The average Bonchev–Trinajstić information content (AvgIpc) is 2.66. The zero-order valence-corrected chi connectivity index (χ0v) is 22.1. The molecule has 3 aliphatic rings. The molecule has 1 aliphatic heterocycles. The van der Waals surface area contributed by atoms with E-state index >= 15 is 0 Å². The third kappa shape index (κ3) is 4.51. The molecule has 2 aliphatic carbocycles. The lowest BCUT2D eigenvalue weighted by molar-refractivity contribution is -0.119. The predicted octanol–water partition coefficient (Wildman–Crippen LogP) is 6.22. The Hall–Kier alpha value is -2.08. The van der Waals surface area contributed by atoms with Gasteiger partial charge in [0.25, 0.3) is 0 Å². The number of benzene rings is 1. The summed E-state index contributed by atoms with van der Waals surface area (Å²) in [5, 5.41) is 3.57. The maximum absolute atomic E-state index is 13.5. The first-order chi connectivity index (χ1) is 15.5. The standard InChI is InChI=1S/C27H34BrNO4/c1-7-32-21-9-15(16(28)10-22(21)33-8-2)23-24-17(11-26(3,4)13-19(24)30)29-18-12-27(5,6)14-20(31)25(18)23/h9-10,23,29H,7-8,11-14H2,1-6H3. The highest BCUT2D eigenvalue weighted by atomic mass is 79.9. The van der Waals surface area contributed by atoms with Gasteiger partial charge in [0, 0.05) is 45.8 Å². The van der Waals surface area contributed by atoms with E-state index in [2.05, 4.69) is 48.9 Å². The van der Waals surface area contributed by atoms with Crippen LogP contribution in [0.5, 0.6) is 11.5 Å². The molecule has 0 radical (unpaired) electrons.